The Morgan fingerprint density at radius 2 is 1.90 bits per heavy atom. The van der Waals surface area contributed by atoms with Crippen LogP contribution >= 0.6 is 12.4 Å². The number of para-hydroxylation sites is 1. The van der Waals surface area contributed by atoms with E-state index in [1.807, 2.05) is 24.3 Å². The summed E-state index contributed by atoms with van der Waals surface area (Å²) in [6.45, 7) is -0.299. The molecule has 3 aromatic heterocycles. The zero-order valence-corrected chi connectivity index (χ0v) is 17.1. The third-order valence-electron chi connectivity index (χ3n) is 5.34. The summed E-state index contributed by atoms with van der Waals surface area (Å²) >= 11 is 0. The maximum absolute atomic E-state index is 14.6. The van der Waals surface area contributed by atoms with Gasteiger partial charge in [0.2, 0.25) is 5.88 Å². The molecule has 1 saturated heterocycles. The van der Waals surface area contributed by atoms with E-state index in [1.54, 1.807) is 42.6 Å². The molecule has 4 aromatic rings. The van der Waals surface area contributed by atoms with Crippen LogP contribution in [0.3, 0.4) is 0 Å². The standard InChI is InChI=1S/C22H18F2N4O2.ClH/c23-22(24)11-13-27(21(29)18-7-3-5-16-10-12-25-28(16)18)14-19(22)30-20-9-8-15-4-1-2-6-17(15)26-20;/h1-10,12,19H,11,13-14H2;1H/t19-;/m0./s1. The summed E-state index contributed by atoms with van der Waals surface area (Å²) in [5, 5.41) is 5.05. The first kappa shape index (κ1) is 21.0. The molecule has 1 aromatic carbocycles. The van der Waals surface area contributed by atoms with Gasteiger partial charge >= 0.3 is 0 Å². The Labute approximate surface area is 182 Å². The highest BCUT2D eigenvalue weighted by Gasteiger charge is 2.47. The molecule has 0 bridgehead atoms. The molecule has 1 atom stereocenters. The molecule has 0 radical (unpaired) electrons. The van der Waals surface area contributed by atoms with Crippen molar-refractivity contribution in [3.8, 4) is 5.88 Å². The summed E-state index contributed by atoms with van der Waals surface area (Å²) in [5.41, 5.74) is 1.74. The highest BCUT2D eigenvalue weighted by Crippen LogP contribution is 2.32. The van der Waals surface area contributed by atoms with Gasteiger partial charge in [-0.3, -0.25) is 4.79 Å². The first-order valence-electron chi connectivity index (χ1n) is 9.64. The number of rotatable bonds is 3. The van der Waals surface area contributed by atoms with Crippen molar-refractivity contribution >= 4 is 34.7 Å². The largest absolute Gasteiger partial charge is 0.466 e. The molecule has 9 heteroatoms. The van der Waals surface area contributed by atoms with Crippen molar-refractivity contribution in [1.29, 1.82) is 0 Å². The van der Waals surface area contributed by atoms with Crippen molar-refractivity contribution in [1.82, 2.24) is 19.5 Å². The molecule has 0 aliphatic carbocycles. The van der Waals surface area contributed by atoms with Gasteiger partial charge in [-0.1, -0.05) is 24.3 Å². The van der Waals surface area contributed by atoms with Crippen LogP contribution in [0.2, 0.25) is 0 Å². The van der Waals surface area contributed by atoms with Crippen molar-refractivity contribution < 1.29 is 18.3 Å². The topological polar surface area (TPSA) is 59.7 Å². The number of pyridine rings is 2. The summed E-state index contributed by atoms with van der Waals surface area (Å²) in [5.74, 6) is -3.32. The number of alkyl halides is 2. The average molecular weight is 445 g/mol. The van der Waals surface area contributed by atoms with Crippen LogP contribution < -0.4 is 4.74 Å². The molecule has 1 aliphatic rings. The second-order valence-corrected chi connectivity index (χ2v) is 7.29. The van der Waals surface area contributed by atoms with Crippen LogP contribution in [0.5, 0.6) is 5.88 Å². The Morgan fingerprint density at radius 3 is 2.77 bits per heavy atom. The van der Waals surface area contributed by atoms with Gasteiger partial charge < -0.3 is 9.64 Å². The lowest BCUT2D eigenvalue weighted by Gasteiger charge is -2.37. The number of benzene rings is 1. The second-order valence-electron chi connectivity index (χ2n) is 7.29. The number of carbonyl (C=O) groups is 1. The summed E-state index contributed by atoms with van der Waals surface area (Å²) in [6.07, 6.45) is -0.375. The predicted molar refractivity (Wildman–Crippen MR) is 114 cm³/mol. The predicted octanol–water partition coefficient (Wildman–Crippen LogP) is 4.23. The van der Waals surface area contributed by atoms with Gasteiger partial charge in [0.1, 0.15) is 5.69 Å². The summed E-state index contributed by atoms with van der Waals surface area (Å²) in [4.78, 5) is 18.8. The minimum atomic E-state index is -3.07. The molecule has 31 heavy (non-hydrogen) atoms. The number of amides is 1. The van der Waals surface area contributed by atoms with Crippen molar-refractivity contribution in [2.24, 2.45) is 0 Å². The van der Waals surface area contributed by atoms with E-state index in [0.717, 1.165) is 10.9 Å². The molecule has 0 unspecified atom stereocenters. The van der Waals surface area contributed by atoms with E-state index in [0.29, 0.717) is 11.2 Å². The number of likely N-dealkylation sites (tertiary alicyclic amines) is 1. The summed E-state index contributed by atoms with van der Waals surface area (Å²) < 4.78 is 36.3. The SMILES string of the molecule is Cl.O=C(c1cccc2ccnn12)N1CCC(F)(F)[C@@H](Oc2ccc3ccccc3n2)C1. The molecular formula is C22H19ClF2N4O2. The molecule has 0 saturated carbocycles. The van der Waals surface area contributed by atoms with Gasteiger partial charge in [0.05, 0.1) is 23.8 Å². The van der Waals surface area contributed by atoms with Crippen molar-refractivity contribution in [2.75, 3.05) is 13.1 Å². The number of piperidine rings is 1. The quantitative estimate of drug-likeness (QED) is 0.474. The minimum Gasteiger partial charge on any atom is -0.466 e. The highest BCUT2D eigenvalue weighted by molar-refractivity contribution is 5.93. The third kappa shape index (κ3) is 3.90. The van der Waals surface area contributed by atoms with Gasteiger partial charge in [-0.25, -0.2) is 18.3 Å². The third-order valence-corrected chi connectivity index (χ3v) is 5.34. The lowest BCUT2D eigenvalue weighted by atomic mass is 10.0. The molecule has 1 amide bonds. The number of carbonyl (C=O) groups excluding carboxylic acids is 1. The number of hydrogen-bond acceptors (Lipinski definition) is 4. The van der Waals surface area contributed by atoms with Crippen LogP contribution in [-0.2, 0) is 0 Å². The van der Waals surface area contributed by atoms with Gasteiger partial charge in [-0.15, -0.1) is 12.4 Å². The maximum Gasteiger partial charge on any atom is 0.287 e. The molecule has 5 rings (SSSR count). The van der Waals surface area contributed by atoms with Crippen molar-refractivity contribution in [3.05, 3.63) is 72.6 Å². The zero-order valence-electron chi connectivity index (χ0n) is 16.3. The highest BCUT2D eigenvalue weighted by atomic mass is 35.5. The molecular weight excluding hydrogens is 426 g/mol. The normalized spacial score (nSPS) is 18.0. The number of fused-ring (bicyclic) bond motifs is 2. The Kier molecular flexibility index (Phi) is 5.49. The zero-order chi connectivity index (χ0) is 20.7. The molecule has 6 nitrogen and oxygen atoms in total. The van der Waals surface area contributed by atoms with Crippen LogP contribution in [0.1, 0.15) is 16.9 Å². The molecule has 0 N–H and O–H groups in total. The van der Waals surface area contributed by atoms with E-state index in [1.165, 1.54) is 9.42 Å². The number of halogens is 3. The van der Waals surface area contributed by atoms with Crippen LogP contribution in [0.4, 0.5) is 8.78 Å². The minimum absolute atomic E-state index is 0. The maximum atomic E-state index is 14.6. The van der Waals surface area contributed by atoms with Gasteiger partial charge in [-0.05, 0) is 30.3 Å². The molecule has 1 aliphatic heterocycles. The van der Waals surface area contributed by atoms with Crippen LogP contribution in [0.25, 0.3) is 16.4 Å². The van der Waals surface area contributed by atoms with Crippen molar-refractivity contribution in [2.45, 2.75) is 18.4 Å². The lowest BCUT2D eigenvalue weighted by Crippen LogP contribution is -2.55. The Morgan fingerprint density at radius 1 is 1.06 bits per heavy atom. The molecule has 0 spiro atoms. The molecule has 160 valence electrons. The first-order chi connectivity index (χ1) is 14.5. The fraction of sp³-hybridized carbons (Fsp3) is 0.227. The molecule has 1 fully saturated rings. The first-order valence-corrected chi connectivity index (χ1v) is 9.64. The van der Waals surface area contributed by atoms with Crippen molar-refractivity contribution in [3.63, 3.8) is 0 Å². The average Bonchev–Trinajstić information content (AvgIpc) is 3.23. The smallest absolute Gasteiger partial charge is 0.287 e. The van der Waals surface area contributed by atoms with E-state index in [-0.39, 0.29) is 37.3 Å². The number of hydrogen-bond donors (Lipinski definition) is 0. The lowest BCUT2D eigenvalue weighted by molar-refractivity contribution is -0.131. The van der Waals surface area contributed by atoms with Gasteiger partial charge in [-0.2, -0.15) is 5.10 Å². The van der Waals surface area contributed by atoms with E-state index >= 15 is 0 Å². The molecule has 4 heterocycles. The van der Waals surface area contributed by atoms with E-state index in [2.05, 4.69) is 10.1 Å². The monoisotopic (exact) mass is 444 g/mol. The van der Waals surface area contributed by atoms with E-state index < -0.39 is 18.4 Å². The summed E-state index contributed by atoms with van der Waals surface area (Å²) in [7, 11) is 0. The number of aromatic nitrogens is 3. The van der Waals surface area contributed by atoms with Crippen LogP contribution in [0, 0.1) is 0 Å². The van der Waals surface area contributed by atoms with Gasteiger partial charge in [0, 0.05) is 24.4 Å². The van der Waals surface area contributed by atoms with Gasteiger partial charge in [0.25, 0.3) is 11.8 Å². The summed E-state index contributed by atoms with van der Waals surface area (Å²) in [6, 6.07) is 17.7. The number of nitrogens with zero attached hydrogens (tertiary/aromatic N) is 4. The fourth-order valence-electron chi connectivity index (χ4n) is 3.71. The number of ether oxygens (including phenoxy) is 1. The Hall–Kier alpha value is -3.26. The fourth-order valence-corrected chi connectivity index (χ4v) is 3.71. The van der Waals surface area contributed by atoms with E-state index in [9.17, 15) is 13.6 Å². The van der Waals surface area contributed by atoms with Gasteiger partial charge in [0.15, 0.2) is 6.10 Å². The second kappa shape index (κ2) is 8.11. The van der Waals surface area contributed by atoms with E-state index in [4.69, 9.17) is 4.74 Å². The Bertz CT molecular complexity index is 1250. The van der Waals surface area contributed by atoms with Crippen LogP contribution in [0.15, 0.2) is 66.9 Å². The Balaban J connectivity index is 0.00000231. The van der Waals surface area contributed by atoms with Crippen LogP contribution in [-0.4, -0.2) is 50.5 Å².